The lowest BCUT2D eigenvalue weighted by Crippen LogP contribution is -2.20. The maximum absolute atomic E-state index is 5.17. The zero-order valence-electron chi connectivity index (χ0n) is 9.60. The van der Waals surface area contributed by atoms with Gasteiger partial charge in [-0.2, -0.15) is 4.98 Å². The highest BCUT2D eigenvalue weighted by Crippen LogP contribution is 2.26. The second-order valence-corrected chi connectivity index (χ2v) is 4.47. The van der Waals surface area contributed by atoms with E-state index in [9.17, 15) is 0 Å². The number of rotatable bonds is 4. The van der Waals surface area contributed by atoms with Gasteiger partial charge in [-0.1, -0.05) is 41.9 Å². The SMILES string of the molecule is c1ccc(-c2noc(NCC3CCC3)n2)cc1. The first-order valence-electron chi connectivity index (χ1n) is 6.05. The molecule has 3 rings (SSSR count). The van der Waals surface area contributed by atoms with Crippen molar-refractivity contribution in [3.8, 4) is 11.4 Å². The molecule has 0 amide bonds. The molecule has 1 fully saturated rings. The molecule has 0 bridgehead atoms. The molecule has 1 aliphatic rings. The lowest BCUT2D eigenvalue weighted by Gasteiger charge is -2.24. The van der Waals surface area contributed by atoms with Crippen LogP contribution >= 0.6 is 0 Å². The monoisotopic (exact) mass is 229 g/mol. The zero-order valence-corrected chi connectivity index (χ0v) is 9.60. The van der Waals surface area contributed by atoms with Crippen LogP contribution in [-0.2, 0) is 0 Å². The van der Waals surface area contributed by atoms with Crippen molar-refractivity contribution in [2.45, 2.75) is 19.3 Å². The summed E-state index contributed by atoms with van der Waals surface area (Å²) in [5, 5.41) is 7.16. The molecule has 1 saturated carbocycles. The molecular weight excluding hydrogens is 214 g/mol. The third-order valence-electron chi connectivity index (χ3n) is 3.22. The first kappa shape index (κ1) is 10.3. The van der Waals surface area contributed by atoms with Crippen LogP contribution in [0.1, 0.15) is 19.3 Å². The van der Waals surface area contributed by atoms with E-state index in [0.29, 0.717) is 11.8 Å². The van der Waals surface area contributed by atoms with Crippen molar-refractivity contribution in [1.29, 1.82) is 0 Å². The van der Waals surface area contributed by atoms with Gasteiger partial charge in [0.05, 0.1) is 0 Å². The molecule has 4 nitrogen and oxygen atoms in total. The van der Waals surface area contributed by atoms with Crippen molar-refractivity contribution >= 4 is 6.01 Å². The number of hydrogen-bond donors (Lipinski definition) is 1. The van der Waals surface area contributed by atoms with Gasteiger partial charge in [0.1, 0.15) is 0 Å². The predicted octanol–water partition coefficient (Wildman–Crippen LogP) is 2.95. The fraction of sp³-hybridized carbons (Fsp3) is 0.385. The Morgan fingerprint density at radius 2 is 2.06 bits per heavy atom. The van der Waals surface area contributed by atoms with E-state index in [2.05, 4.69) is 15.5 Å². The summed E-state index contributed by atoms with van der Waals surface area (Å²) in [6, 6.07) is 10.4. The third-order valence-corrected chi connectivity index (χ3v) is 3.22. The van der Waals surface area contributed by atoms with E-state index in [-0.39, 0.29) is 0 Å². The zero-order chi connectivity index (χ0) is 11.5. The second kappa shape index (κ2) is 4.57. The smallest absolute Gasteiger partial charge is 0.321 e. The molecule has 1 aliphatic carbocycles. The number of nitrogens with one attached hydrogen (secondary N) is 1. The minimum Gasteiger partial charge on any atom is -0.337 e. The van der Waals surface area contributed by atoms with Gasteiger partial charge in [0.15, 0.2) is 0 Å². The normalized spacial score (nSPS) is 15.5. The van der Waals surface area contributed by atoms with E-state index >= 15 is 0 Å². The Morgan fingerprint density at radius 3 is 2.76 bits per heavy atom. The number of hydrogen-bond acceptors (Lipinski definition) is 4. The molecule has 0 aliphatic heterocycles. The average molecular weight is 229 g/mol. The molecule has 1 heterocycles. The molecule has 0 spiro atoms. The van der Waals surface area contributed by atoms with Crippen LogP contribution in [0.4, 0.5) is 6.01 Å². The minimum absolute atomic E-state index is 0.524. The molecule has 0 atom stereocenters. The van der Waals surface area contributed by atoms with Crippen molar-refractivity contribution < 1.29 is 4.52 Å². The van der Waals surface area contributed by atoms with E-state index in [1.165, 1.54) is 19.3 Å². The highest BCUT2D eigenvalue weighted by atomic mass is 16.5. The number of anilines is 1. The molecule has 1 N–H and O–H groups in total. The van der Waals surface area contributed by atoms with Crippen LogP contribution in [0.25, 0.3) is 11.4 Å². The van der Waals surface area contributed by atoms with Crippen LogP contribution in [0, 0.1) is 5.92 Å². The molecule has 2 aromatic rings. The Hall–Kier alpha value is -1.84. The highest BCUT2D eigenvalue weighted by Gasteiger charge is 2.18. The summed E-state index contributed by atoms with van der Waals surface area (Å²) in [6.07, 6.45) is 3.98. The van der Waals surface area contributed by atoms with Gasteiger partial charge in [-0.05, 0) is 18.8 Å². The van der Waals surface area contributed by atoms with E-state index in [4.69, 9.17) is 4.52 Å². The van der Waals surface area contributed by atoms with Crippen LogP contribution < -0.4 is 5.32 Å². The van der Waals surface area contributed by atoms with Crippen LogP contribution in [-0.4, -0.2) is 16.7 Å². The summed E-state index contributed by atoms with van der Waals surface area (Å²) in [4.78, 5) is 4.32. The van der Waals surface area contributed by atoms with E-state index in [1.807, 2.05) is 30.3 Å². The maximum Gasteiger partial charge on any atom is 0.321 e. The van der Waals surface area contributed by atoms with Gasteiger partial charge >= 0.3 is 6.01 Å². The standard InChI is InChI=1S/C13H15N3O/c1-2-7-11(8-3-1)12-15-13(17-16-12)14-9-10-5-4-6-10/h1-3,7-8,10H,4-6,9H2,(H,14,15,16). The molecule has 88 valence electrons. The van der Waals surface area contributed by atoms with Crippen LogP contribution in [0.3, 0.4) is 0 Å². The minimum atomic E-state index is 0.524. The molecule has 0 saturated heterocycles. The van der Waals surface area contributed by atoms with E-state index in [1.54, 1.807) is 0 Å². The Bertz CT molecular complexity index is 476. The molecule has 0 unspecified atom stereocenters. The fourth-order valence-corrected chi connectivity index (χ4v) is 1.93. The molecule has 4 heteroatoms. The summed E-state index contributed by atoms with van der Waals surface area (Å²) in [5.41, 5.74) is 0.980. The number of aromatic nitrogens is 2. The van der Waals surface area contributed by atoms with E-state index in [0.717, 1.165) is 18.0 Å². The largest absolute Gasteiger partial charge is 0.337 e. The third kappa shape index (κ3) is 2.30. The molecule has 0 radical (unpaired) electrons. The van der Waals surface area contributed by atoms with Crippen molar-refractivity contribution in [3.63, 3.8) is 0 Å². The molecule has 17 heavy (non-hydrogen) atoms. The maximum atomic E-state index is 5.17. The first-order chi connectivity index (χ1) is 8.42. The van der Waals surface area contributed by atoms with Crippen LogP contribution in [0.2, 0.25) is 0 Å². The van der Waals surface area contributed by atoms with Crippen molar-refractivity contribution in [2.75, 3.05) is 11.9 Å². The predicted molar refractivity (Wildman–Crippen MR) is 65.6 cm³/mol. The van der Waals surface area contributed by atoms with Crippen molar-refractivity contribution in [3.05, 3.63) is 30.3 Å². The second-order valence-electron chi connectivity index (χ2n) is 4.47. The van der Waals surface area contributed by atoms with Crippen molar-refractivity contribution in [2.24, 2.45) is 5.92 Å². The van der Waals surface area contributed by atoms with Gasteiger partial charge in [-0.3, -0.25) is 0 Å². The lowest BCUT2D eigenvalue weighted by molar-refractivity contribution is 0.328. The molecular formula is C13H15N3O. The molecule has 1 aromatic carbocycles. The quantitative estimate of drug-likeness (QED) is 0.875. The van der Waals surface area contributed by atoms with Gasteiger partial charge in [0.2, 0.25) is 5.82 Å². The summed E-state index contributed by atoms with van der Waals surface area (Å²) in [5.74, 6) is 1.42. The summed E-state index contributed by atoms with van der Waals surface area (Å²) >= 11 is 0. The Balaban J connectivity index is 1.65. The van der Waals surface area contributed by atoms with Gasteiger partial charge in [0.25, 0.3) is 0 Å². The van der Waals surface area contributed by atoms with Gasteiger partial charge in [0, 0.05) is 12.1 Å². The first-order valence-corrected chi connectivity index (χ1v) is 6.05. The van der Waals surface area contributed by atoms with Crippen LogP contribution in [0.5, 0.6) is 0 Å². The van der Waals surface area contributed by atoms with Gasteiger partial charge < -0.3 is 9.84 Å². The Kier molecular flexibility index (Phi) is 2.78. The topological polar surface area (TPSA) is 51.0 Å². The number of benzene rings is 1. The lowest BCUT2D eigenvalue weighted by atomic mass is 9.85. The summed E-state index contributed by atoms with van der Waals surface area (Å²) < 4.78 is 5.17. The summed E-state index contributed by atoms with van der Waals surface area (Å²) in [6.45, 7) is 0.941. The Morgan fingerprint density at radius 1 is 1.24 bits per heavy atom. The Labute approximate surface area is 100 Å². The van der Waals surface area contributed by atoms with E-state index < -0.39 is 0 Å². The van der Waals surface area contributed by atoms with Gasteiger partial charge in [-0.15, -0.1) is 0 Å². The van der Waals surface area contributed by atoms with Crippen molar-refractivity contribution in [1.82, 2.24) is 10.1 Å². The average Bonchev–Trinajstić information content (AvgIpc) is 2.77. The molecule has 1 aromatic heterocycles. The van der Waals surface area contributed by atoms with Crippen LogP contribution in [0.15, 0.2) is 34.9 Å². The number of nitrogens with zero attached hydrogens (tertiary/aromatic N) is 2. The highest BCUT2D eigenvalue weighted by molar-refractivity contribution is 5.54. The van der Waals surface area contributed by atoms with Gasteiger partial charge in [-0.25, -0.2) is 0 Å². The summed E-state index contributed by atoms with van der Waals surface area (Å²) in [7, 11) is 0. The fourth-order valence-electron chi connectivity index (χ4n) is 1.93.